The predicted octanol–water partition coefficient (Wildman–Crippen LogP) is 2.93. The Kier molecular flexibility index (Phi) is 3.15. The van der Waals surface area contributed by atoms with Gasteiger partial charge in [-0.3, -0.25) is 0 Å². The van der Waals surface area contributed by atoms with Crippen molar-refractivity contribution >= 4 is 11.6 Å². The van der Waals surface area contributed by atoms with Crippen molar-refractivity contribution in [3.8, 4) is 0 Å². The molecule has 0 amide bonds. The van der Waals surface area contributed by atoms with Crippen LogP contribution in [0.4, 0.5) is 0 Å². The zero-order valence-electron chi connectivity index (χ0n) is 8.32. The Morgan fingerprint density at radius 1 is 1.23 bits per heavy atom. The standard InChI is InChI=1S/C11H20ClN/c12-8-7-11(5-6-11)9-13-10-3-1-2-4-10/h10,13H,1-9H2. The molecule has 0 heterocycles. The summed E-state index contributed by atoms with van der Waals surface area (Å²) in [5.74, 6) is 0.840. The summed E-state index contributed by atoms with van der Waals surface area (Å²) in [6.45, 7) is 1.23. The first-order chi connectivity index (χ1) is 6.35. The second-order valence-electron chi connectivity index (χ2n) is 4.80. The van der Waals surface area contributed by atoms with Gasteiger partial charge in [0.25, 0.3) is 0 Å². The Morgan fingerprint density at radius 2 is 1.92 bits per heavy atom. The van der Waals surface area contributed by atoms with E-state index in [1.165, 1.54) is 51.5 Å². The van der Waals surface area contributed by atoms with Gasteiger partial charge >= 0.3 is 0 Å². The highest BCUT2D eigenvalue weighted by atomic mass is 35.5. The van der Waals surface area contributed by atoms with Gasteiger partial charge in [0, 0.05) is 18.5 Å². The molecule has 2 aliphatic rings. The van der Waals surface area contributed by atoms with Crippen LogP contribution in [0.5, 0.6) is 0 Å². The van der Waals surface area contributed by atoms with Crippen LogP contribution in [0.25, 0.3) is 0 Å². The summed E-state index contributed by atoms with van der Waals surface area (Å²) in [6, 6.07) is 0.827. The van der Waals surface area contributed by atoms with Crippen LogP contribution in [-0.4, -0.2) is 18.5 Å². The monoisotopic (exact) mass is 201 g/mol. The highest BCUT2D eigenvalue weighted by molar-refractivity contribution is 6.17. The number of hydrogen-bond acceptors (Lipinski definition) is 1. The van der Waals surface area contributed by atoms with Crippen LogP contribution in [0.2, 0.25) is 0 Å². The van der Waals surface area contributed by atoms with Crippen LogP contribution < -0.4 is 5.32 Å². The van der Waals surface area contributed by atoms with E-state index in [4.69, 9.17) is 11.6 Å². The third-order valence-electron chi connectivity index (χ3n) is 3.70. The van der Waals surface area contributed by atoms with E-state index in [1.54, 1.807) is 0 Å². The minimum atomic E-state index is 0.615. The summed E-state index contributed by atoms with van der Waals surface area (Å²) >= 11 is 5.79. The van der Waals surface area contributed by atoms with E-state index in [0.717, 1.165) is 11.9 Å². The summed E-state index contributed by atoms with van der Waals surface area (Å²) in [5, 5.41) is 3.71. The van der Waals surface area contributed by atoms with Gasteiger partial charge in [0.05, 0.1) is 0 Å². The van der Waals surface area contributed by atoms with Gasteiger partial charge in [0.1, 0.15) is 0 Å². The molecule has 0 radical (unpaired) electrons. The maximum Gasteiger partial charge on any atom is 0.0229 e. The fraction of sp³-hybridized carbons (Fsp3) is 1.00. The molecule has 2 heteroatoms. The molecule has 2 aliphatic carbocycles. The van der Waals surface area contributed by atoms with Gasteiger partial charge in [-0.1, -0.05) is 12.8 Å². The first kappa shape index (κ1) is 9.79. The van der Waals surface area contributed by atoms with Crippen molar-refractivity contribution in [2.45, 2.75) is 51.0 Å². The van der Waals surface area contributed by atoms with E-state index in [1.807, 2.05) is 0 Å². The van der Waals surface area contributed by atoms with Gasteiger partial charge in [-0.05, 0) is 37.5 Å². The molecule has 0 unspecified atom stereocenters. The average Bonchev–Trinajstić information content (AvgIpc) is 2.71. The molecule has 0 spiro atoms. The highest BCUT2D eigenvalue weighted by Crippen LogP contribution is 2.48. The van der Waals surface area contributed by atoms with Crippen LogP contribution in [0.1, 0.15) is 44.9 Å². The van der Waals surface area contributed by atoms with Crippen molar-refractivity contribution in [1.29, 1.82) is 0 Å². The maximum atomic E-state index is 5.79. The van der Waals surface area contributed by atoms with Gasteiger partial charge in [-0.15, -0.1) is 11.6 Å². The van der Waals surface area contributed by atoms with Gasteiger partial charge in [-0.2, -0.15) is 0 Å². The van der Waals surface area contributed by atoms with Crippen LogP contribution in [0.15, 0.2) is 0 Å². The quantitative estimate of drug-likeness (QED) is 0.675. The first-order valence-corrected chi connectivity index (χ1v) is 6.17. The first-order valence-electron chi connectivity index (χ1n) is 5.64. The van der Waals surface area contributed by atoms with Crippen molar-refractivity contribution in [2.75, 3.05) is 12.4 Å². The maximum absolute atomic E-state index is 5.79. The number of hydrogen-bond donors (Lipinski definition) is 1. The lowest BCUT2D eigenvalue weighted by Gasteiger charge is -2.18. The number of rotatable bonds is 5. The third kappa shape index (κ3) is 2.60. The molecule has 2 rings (SSSR count). The van der Waals surface area contributed by atoms with Gasteiger partial charge in [0.2, 0.25) is 0 Å². The number of halogens is 1. The van der Waals surface area contributed by atoms with Crippen molar-refractivity contribution in [1.82, 2.24) is 5.32 Å². The molecule has 0 aromatic heterocycles. The lowest BCUT2D eigenvalue weighted by molar-refractivity contribution is 0.403. The van der Waals surface area contributed by atoms with Crippen molar-refractivity contribution in [3.05, 3.63) is 0 Å². The number of alkyl halides is 1. The molecule has 0 aliphatic heterocycles. The molecule has 1 N–H and O–H groups in total. The minimum absolute atomic E-state index is 0.615. The zero-order valence-corrected chi connectivity index (χ0v) is 9.08. The van der Waals surface area contributed by atoms with Crippen molar-refractivity contribution in [2.24, 2.45) is 5.41 Å². The third-order valence-corrected chi connectivity index (χ3v) is 3.89. The highest BCUT2D eigenvalue weighted by Gasteiger charge is 2.41. The molecule has 0 atom stereocenters. The molecule has 0 aromatic carbocycles. The van der Waals surface area contributed by atoms with E-state index < -0.39 is 0 Å². The molecule has 0 bridgehead atoms. The SMILES string of the molecule is ClCCC1(CNC2CCCC2)CC1. The van der Waals surface area contributed by atoms with Gasteiger partial charge in [0.15, 0.2) is 0 Å². The van der Waals surface area contributed by atoms with E-state index in [9.17, 15) is 0 Å². The van der Waals surface area contributed by atoms with E-state index in [2.05, 4.69) is 5.32 Å². The average molecular weight is 202 g/mol. The Morgan fingerprint density at radius 3 is 2.46 bits per heavy atom. The summed E-state index contributed by atoms with van der Waals surface area (Å²) in [7, 11) is 0. The molecule has 2 saturated carbocycles. The Hall–Kier alpha value is 0.250. The second-order valence-corrected chi connectivity index (χ2v) is 5.18. The molecule has 0 saturated heterocycles. The van der Waals surface area contributed by atoms with Crippen LogP contribution >= 0.6 is 11.6 Å². The fourth-order valence-corrected chi connectivity index (χ4v) is 2.78. The van der Waals surface area contributed by atoms with E-state index in [-0.39, 0.29) is 0 Å². The Bertz CT molecular complexity index is 159. The summed E-state index contributed by atoms with van der Waals surface area (Å²) < 4.78 is 0. The van der Waals surface area contributed by atoms with E-state index in [0.29, 0.717) is 5.41 Å². The molecular formula is C11H20ClN. The zero-order chi connectivity index (χ0) is 9.15. The van der Waals surface area contributed by atoms with Crippen LogP contribution in [0, 0.1) is 5.41 Å². The second kappa shape index (κ2) is 4.18. The largest absolute Gasteiger partial charge is 0.313 e. The Labute approximate surface area is 86.2 Å². The van der Waals surface area contributed by atoms with Gasteiger partial charge in [-0.25, -0.2) is 0 Å². The molecule has 76 valence electrons. The van der Waals surface area contributed by atoms with Crippen molar-refractivity contribution < 1.29 is 0 Å². The molecule has 13 heavy (non-hydrogen) atoms. The smallest absolute Gasteiger partial charge is 0.0229 e. The minimum Gasteiger partial charge on any atom is -0.313 e. The lowest BCUT2D eigenvalue weighted by atomic mass is 10.0. The molecule has 2 fully saturated rings. The van der Waals surface area contributed by atoms with Crippen molar-refractivity contribution in [3.63, 3.8) is 0 Å². The van der Waals surface area contributed by atoms with E-state index >= 15 is 0 Å². The normalized spacial score (nSPS) is 26.5. The summed E-state index contributed by atoms with van der Waals surface area (Å²) in [4.78, 5) is 0. The van der Waals surface area contributed by atoms with Gasteiger partial charge < -0.3 is 5.32 Å². The van der Waals surface area contributed by atoms with Crippen LogP contribution in [0.3, 0.4) is 0 Å². The lowest BCUT2D eigenvalue weighted by Crippen LogP contribution is -2.32. The number of nitrogens with one attached hydrogen (secondary N) is 1. The topological polar surface area (TPSA) is 12.0 Å². The molecule has 1 nitrogen and oxygen atoms in total. The summed E-state index contributed by atoms with van der Waals surface area (Å²) in [6.07, 6.45) is 9.68. The van der Waals surface area contributed by atoms with Crippen LogP contribution in [-0.2, 0) is 0 Å². The molecular weight excluding hydrogens is 182 g/mol. The Balaban J connectivity index is 1.66. The molecule has 0 aromatic rings. The summed E-state index contributed by atoms with van der Waals surface area (Å²) in [5.41, 5.74) is 0.615. The fourth-order valence-electron chi connectivity index (χ4n) is 2.38. The predicted molar refractivity (Wildman–Crippen MR) is 57.3 cm³/mol.